The fourth-order valence-electron chi connectivity index (χ4n) is 2.71. The van der Waals surface area contributed by atoms with Crippen LogP contribution in [0.5, 0.6) is 5.75 Å². The normalized spacial score (nSPS) is 16.8. The molecule has 1 aromatic carbocycles. The number of aromatic nitrogens is 3. The summed E-state index contributed by atoms with van der Waals surface area (Å²) in [6.45, 7) is 8.98. The van der Waals surface area contributed by atoms with E-state index in [2.05, 4.69) is 49.9 Å². The van der Waals surface area contributed by atoms with Gasteiger partial charge in [0.25, 0.3) is 0 Å². The van der Waals surface area contributed by atoms with E-state index in [0.29, 0.717) is 5.41 Å². The van der Waals surface area contributed by atoms with Gasteiger partial charge < -0.3 is 4.74 Å². The molecule has 112 valence electrons. The van der Waals surface area contributed by atoms with Crippen molar-refractivity contribution in [2.75, 3.05) is 7.11 Å². The van der Waals surface area contributed by atoms with Gasteiger partial charge in [0, 0.05) is 5.56 Å². The maximum atomic E-state index is 5.73. The SMILES string of the molecule is COc1c(-n2cncn2)cc(C2(C)CC2)cc1C(C)(C)C. The highest BCUT2D eigenvalue weighted by atomic mass is 16.5. The molecule has 0 radical (unpaired) electrons. The fraction of sp³-hybridized carbons (Fsp3) is 0.529. The first kappa shape index (κ1) is 14.1. The Labute approximate surface area is 126 Å². The van der Waals surface area contributed by atoms with Gasteiger partial charge in [-0.25, -0.2) is 9.67 Å². The molecule has 2 aromatic rings. The number of methoxy groups -OCH3 is 1. The average Bonchev–Trinajstić information content (AvgIpc) is 2.97. The van der Waals surface area contributed by atoms with E-state index in [1.165, 1.54) is 24.0 Å². The van der Waals surface area contributed by atoms with Crippen molar-refractivity contribution in [2.45, 2.75) is 51.4 Å². The van der Waals surface area contributed by atoms with Gasteiger partial charge in [-0.1, -0.05) is 33.8 Å². The van der Waals surface area contributed by atoms with Gasteiger partial charge >= 0.3 is 0 Å². The second-order valence-electron chi connectivity index (χ2n) is 7.23. The summed E-state index contributed by atoms with van der Waals surface area (Å²) in [5.41, 5.74) is 3.90. The maximum absolute atomic E-state index is 5.73. The van der Waals surface area contributed by atoms with Gasteiger partial charge in [0.15, 0.2) is 0 Å². The van der Waals surface area contributed by atoms with Crippen LogP contribution in [0.3, 0.4) is 0 Å². The molecule has 1 saturated carbocycles. The molecule has 21 heavy (non-hydrogen) atoms. The molecule has 0 aliphatic heterocycles. The number of rotatable bonds is 3. The Morgan fingerprint density at radius 2 is 1.95 bits per heavy atom. The van der Waals surface area contributed by atoms with E-state index in [-0.39, 0.29) is 5.41 Å². The van der Waals surface area contributed by atoms with Crippen LogP contribution in [0.2, 0.25) is 0 Å². The van der Waals surface area contributed by atoms with Crippen molar-refractivity contribution in [1.82, 2.24) is 14.8 Å². The van der Waals surface area contributed by atoms with E-state index in [0.717, 1.165) is 11.4 Å². The predicted molar refractivity (Wildman–Crippen MR) is 83.2 cm³/mol. The van der Waals surface area contributed by atoms with Gasteiger partial charge in [-0.2, -0.15) is 5.10 Å². The number of hydrogen-bond donors (Lipinski definition) is 0. The number of nitrogens with zero attached hydrogens (tertiary/aromatic N) is 3. The van der Waals surface area contributed by atoms with E-state index >= 15 is 0 Å². The Hall–Kier alpha value is -1.84. The van der Waals surface area contributed by atoms with Gasteiger partial charge in [-0.3, -0.25) is 0 Å². The molecule has 1 heterocycles. The smallest absolute Gasteiger partial charge is 0.148 e. The molecule has 0 spiro atoms. The van der Waals surface area contributed by atoms with Gasteiger partial charge in [0.2, 0.25) is 0 Å². The van der Waals surface area contributed by atoms with Crippen LogP contribution < -0.4 is 4.74 Å². The number of ether oxygens (including phenoxy) is 1. The lowest BCUT2D eigenvalue weighted by molar-refractivity contribution is 0.394. The Kier molecular flexibility index (Phi) is 3.08. The van der Waals surface area contributed by atoms with Crippen molar-refractivity contribution < 1.29 is 4.74 Å². The van der Waals surface area contributed by atoms with Crippen LogP contribution in [-0.4, -0.2) is 21.9 Å². The average molecular weight is 285 g/mol. The third-order valence-electron chi connectivity index (χ3n) is 4.44. The molecule has 1 fully saturated rings. The first-order valence-electron chi connectivity index (χ1n) is 7.43. The predicted octanol–water partition coefficient (Wildman–Crippen LogP) is 3.62. The molecule has 1 aliphatic carbocycles. The zero-order valence-corrected chi connectivity index (χ0v) is 13.5. The highest BCUT2D eigenvalue weighted by molar-refractivity contribution is 5.58. The molecular formula is C17H23N3O. The molecule has 4 heteroatoms. The Morgan fingerprint density at radius 1 is 1.24 bits per heavy atom. The van der Waals surface area contributed by atoms with E-state index in [4.69, 9.17) is 4.74 Å². The molecule has 0 amide bonds. The van der Waals surface area contributed by atoms with E-state index < -0.39 is 0 Å². The van der Waals surface area contributed by atoms with Crippen molar-refractivity contribution in [3.8, 4) is 11.4 Å². The van der Waals surface area contributed by atoms with Crippen LogP contribution in [-0.2, 0) is 10.8 Å². The molecule has 1 aliphatic rings. The van der Waals surface area contributed by atoms with Gasteiger partial charge in [-0.05, 0) is 35.3 Å². The molecule has 4 nitrogen and oxygen atoms in total. The van der Waals surface area contributed by atoms with E-state index in [1.54, 1.807) is 24.4 Å². The zero-order chi connectivity index (χ0) is 15.3. The second kappa shape index (κ2) is 4.58. The standard InChI is InChI=1S/C17H23N3O/c1-16(2,3)13-8-12(17(4)6-7-17)9-14(15(13)21-5)20-11-18-10-19-20/h8-11H,6-7H2,1-5H3. The van der Waals surface area contributed by atoms with Gasteiger partial charge in [0.1, 0.15) is 24.1 Å². The van der Waals surface area contributed by atoms with E-state index in [9.17, 15) is 0 Å². The lowest BCUT2D eigenvalue weighted by Gasteiger charge is -2.26. The molecule has 3 rings (SSSR count). The molecule has 0 N–H and O–H groups in total. The van der Waals surface area contributed by atoms with Crippen molar-refractivity contribution in [2.24, 2.45) is 0 Å². The van der Waals surface area contributed by atoms with Crippen molar-refractivity contribution in [1.29, 1.82) is 0 Å². The van der Waals surface area contributed by atoms with Crippen LogP contribution in [0.15, 0.2) is 24.8 Å². The third kappa shape index (κ3) is 2.43. The van der Waals surface area contributed by atoms with Crippen LogP contribution >= 0.6 is 0 Å². The third-order valence-corrected chi connectivity index (χ3v) is 4.44. The van der Waals surface area contributed by atoms with Gasteiger partial charge in [-0.15, -0.1) is 0 Å². The van der Waals surface area contributed by atoms with Gasteiger partial charge in [0.05, 0.1) is 7.11 Å². The first-order valence-corrected chi connectivity index (χ1v) is 7.43. The lowest BCUT2D eigenvalue weighted by Crippen LogP contribution is -2.17. The van der Waals surface area contributed by atoms with Crippen LogP contribution in [0, 0.1) is 0 Å². The summed E-state index contributed by atoms with van der Waals surface area (Å²) in [6.07, 6.45) is 5.78. The minimum Gasteiger partial charge on any atom is -0.494 e. The van der Waals surface area contributed by atoms with Crippen molar-refractivity contribution >= 4 is 0 Å². The Bertz CT molecular complexity index is 649. The minimum atomic E-state index is 0.0158. The van der Waals surface area contributed by atoms with Crippen LogP contribution in [0.4, 0.5) is 0 Å². The molecule has 0 unspecified atom stereocenters. The fourth-order valence-corrected chi connectivity index (χ4v) is 2.71. The van der Waals surface area contributed by atoms with Crippen LogP contribution in [0.25, 0.3) is 5.69 Å². The Balaban J connectivity index is 2.26. The molecular weight excluding hydrogens is 262 g/mol. The topological polar surface area (TPSA) is 39.9 Å². The molecule has 0 atom stereocenters. The second-order valence-corrected chi connectivity index (χ2v) is 7.23. The summed E-state index contributed by atoms with van der Waals surface area (Å²) in [5.74, 6) is 0.890. The summed E-state index contributed by atoms with van der Waals surface area (Å²) in [6, 6.07) is 4.52. The Morgan fingerprint density at radius 3 is 2.43 bits per heavy atom. The molecule has 0 bridgehead atoms. The highest BCUT2D eigenvalue weighted by Gasteiger charge is 2.40. The largest absolute Gasteiger partial charge is 0.494 e. The summed E-state index contributed by atoms with van der Waals surface area (Å²) >= 11 is 0. The molecule has 0 saturated heterocycles. The number of benzene rings is 1. The summed E-state index contributed by atoms with van der Waals surface area (Å²) in [4.78, 5) is 4.07. The first-order chi connectivity index (χ1) is 9.85. The summed E-state index contributed by atoms with van der Waals surface area (Å²) in [5, 5.41) is 4.29. The molecule has 1 aromatic heterocycles. The quantitative estimate of drug-likeness (QED) is 0.864. The summed E-state index contributed by atoms with van der Waals surface area (Å²) < 4.78 is 7.52. The van der Waals surface area contributed by atoms with Crippen LogP contribution in [0.1, 0.15) is 51.7 Å². The lowest BCUT2D eigenvalue weighted by atomic mass is 9.82. The monoisotopic (exact) mass is 285 g/mol. The maximum Gasteiger partial charge on any atom is 0.148 e. The van der Waals surface area contributed by atoms with Crippen molar-refractivity contribution in [3.05, 3.63) is 35.9 Å². The highest BCUT2D eigenvalue weighted by Crippen LogP contribution is 2.50. The number of hydrogen-bond acceptors (Lipinski definition) is 3. The minimum absolute atomic E-state index is 0.0158. The van der Waals surface area contributed by atoms with E-state index in [1.807, 2.05) is 0 Å². The zero-order valence-electron chi connectivity index (χ0n) is 13.5. The van der Waals surface area contributed by atoms with Crippen molar-refractivity contribution in [3.63, 3.8) is 0 Å². The summed E-state index contributed by atoms with van der Waals surface area (Å²) in [7, 11) is 1.73.